The zero-order valence-electron chi connectivity index (χ0n) is 12.7. The summed E-state index contributed by atoms with van der Waals surface area (Å²) in [4.78, 5) is 23.9. The lowest BCUT2D eigenvalue weighted by Crippen LogP contribution is -2.32. The molecule has 0 atom stereocenters. The van der Waals surface area contributed by atoms with Crippen LogP contribution in [-0.4, -0.2) is 9.49 Å². The smallest absolute Gasteiger partial charge is 0.258 e. The van der Waals surface area contributed by atoms with Crippen molar-refractivity contribution in [3.8, 4) is 11.3 Å². The quantitative estimate of drug-likeness (QED) is 0.321. The Hall–Kier alpha value is -3.06. The van der Waals surface area contributed by atoms with Crippen LogP contribution < -0.4 is 9.96 Å². The maximum absolute atomic E-state index is 12.5. The second-order valence-corrected chi connectivity index (χ2v) is 6.26. The van der Waals surface area contributed by atoms with Gasteiger partial charge >= 0.3 is 10.5 Å². The van der Waals surface area contributed by atoms with E-state index in [1.807, 2.05) is 34.0 Å². The number of fused-ring (bicyclic) bond motifs is 3. The Balaban J connectivity index is 2.14. The highest BCUT2D eigenvalue weighted by molar-refractivity contribution is 7.15. The lowest BCUT2D eigenvalue weighted by atomic mass is 10.1. The van der Waals surface area contributed by atoms with Crippen LogP contribution in [0.5, 0.6) is 0 Å². The Bertz CT molecular complexity index is 1180. The van der Waals surface area contributed by atoms with Crippen molar-refractivity contribution >= 4 is 32.9 Å². The molecule has 118 valence electrons. The standard InChI is InChI=1S/C17H12N3O3S/c1-18-16(21)13-7-2-3-8-14(13)19-15(10-24-17(18)19)11-5-4-6-12(9-11)20(22)23/h2-10H,1H3/q+1. The van der Waals surface area contributed by atoms with Crippen molar-refractivity contribution in [3.05, 3.63) is 74.4 Å². The van der Waals surface area contributed by atoms with Crippen LogP contribution in [0.4, 0.5) is 5.69 Å². The fourth-order valence-electron chi connectivity index (χ4n) is 2.87. The first-order valence-electron chi connectivity index (χ1n) is 7.24. The van der Waals surface area contributed by atoms with Gasteiger partial charge in [0.2, 0.25) is 0 Å². The summed E-state index contributed by atoms with van der Waals surface area (Å²) in [5.74, 6) is 0. The van der Waals surface area contributed by atoms with Crippen molar-refractivity contribution in [2.24, 2.45) is 7.05 Å². The Morgan fingerprint density at radius 1 is 1.17 bits per heavy atom. The van der Waals surface area contributed by atoms with Crippen molar-refractivity contribution in [3.63, 3.8) is 0 Å². The molecule has 0 spiro atoms. The first-order valence-corrected chi connectivity index (χ1v) is 8.11. The van der Waals surface area contributed by atoms with Gasteiger partial charge in [0.15, 0.2) is 5.69 Å². The number of hydrogen-bond donors (Lipinski definition) is 0. The lowest BCUT2D eigenvalue weighted by Gasteiger charge is -2.02. The average molecular weight is 338 g/mol. The number of aromatic nitrogens is 2. The van der Waals surface area contributed by atoms with Gasteiger partial charge in [0.25, 0.3) is 5.69 Å². The molecule has 0 aliphatic carbocycles. The summed E-state index contributed by atoms with van der Waals surface area (Å²) in [6.45, 7) is 0. The molecule has 0 aliphatic rings. The summed E-state index contributed by atoms with van der Waals surface area (Å²) < 4.78 is 3.58. The largest absolute Gasteiger partial charge is 0.349 e. The number of non-ortho nitro benzene ring substituents is 1. The molecule has 2 aromatic carbocycles. The maximum atomic E-state index is 12.5. The number of aryl methyl sites for hydroxylation is 1. The number of thiazole rings is 1. The number of para-hydroxylation sites is 1. The van der Waals surface area contributed by atoms with Gasteiger partial charge in [-0.15, -0.1) is 0 Å². The Morgan fingerprint density at radius 3 is 2.75 bits per heavy atom. The van der Waals surface area contributed by atoms with Crippen LogP contribution in [0, 0.1) is 10.1 Å². The SMILES string of the molecule is Cn1c(=O)c2ccccc2[n+]2c(-c3cccc([N+](=O)[O-])c3)csc12. The number of hydrogen-bond acceptors (Lipinski definition) is 4. The Morgan fingerprint density at radius 2 is 1.96 bits per heavy atom. The molecule has 0 bridgehead atoms. The fourth-order valence-corrected chi connectivity index (χ4v) is 3.87. The van der Waals surface area contributed by atoms with Crippen molar-refractivity contribution in [2.45, 2.75) is 0 Å². The van der Waals surface area contributed by atoms with E-state index in [-0.39, 0.29) is 11.2 Å². The average Bonchev–Trinajstić information content (AvgIpc) is 3.05. The first-order chi connectivity index (χ1) is 11.6. The Kier molecular flexibility index (Phi) is 3.17. The molecule has 6 nitrogen and oxygen atoms in total. The van der Waals surface area contributed by atoms with E-state index in [4.69, 9.17) is 0 Å². The third kappa shape index (κ3) is 2.02. The van der Waals surface area contributed by atoms with E-state index in [2.05, 4.69) is 0 Å². The predicted molar refractivity (Wildman–Crippen MR) is 92.3 cm³/mol. The molecule has 2 heterocycles. The van der Waals surface area contributed by atoms with Crippen molar-refractivity contribution in [2.75, 3.05) is 0 Å². The molecule has 4 aromatic rings. The van der Waals surface area contributed by atoms with Crippen molar-refractivity contribution in [1.29, 1.82) is 0 Å². The third-order valence-electron chi connectivity index (χ3n) is 4.03. The second kappa shape index (κ2) is 5.24. The third-order valence-corrected chi connectivity index (χ3v) is 5.04. The van der Waals surface area contributed by atoms with E-state index in [0.717, 1.165) is 21.7 Å². The van der Waals surface area contributed by atoms with E-state index in [1.54, 1.807) is 29.8 Å². The van der Waals surface area contributed by atoms with Crippen LogP contribution >= 0.6 is 11.3 Å². The number of nitrogens with zero attached hydrogens (tertiary/aromatic N) is 3. The molecule has 4 rings (SSSR count). The summed E-state index contributed by atoms with van der Waals surface area (Å²) in [5, 5.41) is 13.6. The minimum Gasteiger partial charge on any atom is -0.258 e. The summed E-state index contributed by atoms with van der Waals surface area (Å²) in [6, 6.07) is 13.9. The summed E-state index contributed by atoms with van der Waals surface area (Å²) in [5.41, 5.74) is 2.34. The molecule has 24 heavy (non-hydrogen) atoms. The molecule has 0 radical (unpaired) electrons. The fraction of sp³-hybridized carbons (Fsp3) is 0.0588. The van der Waals surface area contributed by atoms with E-state index >= 15 is 0 Å². The molecule has 0 amide bonds. The van der Waals surface area contributed by atoms with Gasteiger partial charge < -0.3 is 0 Å². The van der Waals surface area contributed by atoms with Gasteiger partial charge in [0.05, 0.1) is 12.0 Å². The minimum atomic E-state index is -0.406. The molecule has 0 aliphatic heterocycles. The highest BCUT2D eigenvalue weighted by atomic mass is 32.1. The molecular weight excluding hydrogens is 326 g/mol. The zero-order valence-corrected chi connectivity index (χ0v) is 13.5. The predicted octanol–water partition coefficient (Wildman–Crippen LogP) is 2.91. The maximum Gasteiger partial charge on any atom is 0.349 e. The van der Waals surface area contributed by atoms with Crippen LogP contribution in [0.1, 0.15) is 0 Å². The van der Waals surface area contributed by atoms with Crippen LogP contribution in [-0.2, 0) is 7.05 Å². The number of benzene rings is 2. The summed E-state index contributed by atoms with van der Waals surface area (Å²) in [7, 11) is 1.73. The topological polar surface area (TPSA) is 69.2 Å². The number of nitro groups is 1. The normalized spacial score (nSPS) is 11.2. The van der Waals surface area contributed by atoms with Gasteiger partial charge in [-0.3, -0.25) is 10.1 Å². The van der Waals surface area contributed by atoms with Gasteiger partial charge in [-0.05, 0) is 12.1 Å². The van der Waals surface area contributed by atoms with Gasteiger partial charge in [-0.1, -0.05) is 35.6 Å². The molecule has 0 saturated heterocycles. The molecule has 7 heteroatoms. The van der Waals surface area contributed by atoms with Gasteiger partial charge in [-0.25, -0.2) is 4.79 Å². The molecule has 0 N–H and O–H groups in total. The van der Waals surface area contributed by atoms with E-state index in [1.165, 1.54) is 17.4 Å². The second-order valence-electron chi connectivity index (χ2n) is 5.43. The molecule has 0 unspecified atom stereocenters. The van der Waals surface area contributed by atoms with E-state index in [9.17, 15) is 14.9 Å². The van der Waals surface area contributed by atoms with Crippen LogP contribution in [0.15, 0.2) is 58.7 Å². The van der Waals surface area contributed by atoms with Gasteiger partial charge in [0.1, 0.15) is 10.9 Å². The van der Waals surface area contributed by atoms with Crippen LogP contribution in [0.25, 0.3) is 27.1 Å². The first kappa shape index (κ1) is 14.5. The minimum absolute atomic E-state index is 0.0431. The van der Waals surface area contributed by atoms with E-state index in [0.29, 0.717) is 5.39 Å². The highest BCUT2D eigenvalue weighted by Crippen LogP contribution is 2.25. The molecule has 0 fully saturated rings. The van der Waals surface area contributed by atoms with Gasteiger partial charge in [0, 0.05) is 23.1 Å². The Labute approximate surface area is 140 Å². The van der Waals surface area contributed by atoms with Crippen molar-refractivity contribution in [1.82, 2.24) is 4.57 Å². The monoisotopic (exact) mass is 338 g/mol. The molecule has 0 saturated carbocycles. The van der Waals surface area contributed by atoms with Gasteiger partial charge in [-0.2, -0.15) is 8.97 Å². The lowest BCUT2D eigenvalue weighted by molar-refractivity contribution is -0.468. The molecule has 2 aromatic heterocycles. The summed E-state index contributed by atoms with van der Waals surface area (Å²) >= 11 is 1.43. The number of nitro benzene ring substituents is 1. The summed E-state index contributed by atoms with van der Waals surface area (Å²) in [6.07, 6.45) is 0. The zero-order chi connectivity index (χ0) is 16.8. The van der Waals surface area contributed by atoms with Crippen LogP contribution in [0.2, 0.25) is 0 Å². The van der Waals surface area contributed by atoms with Crippen molar-refractivity contribution < 1.29 is 9.32 Å². The van der Waals surface area contributed by atoms with Crippen LogP contribution in [0.3, 0.4) is 0 Å². The van der Waals surface area contributed by atoms with E-state index < -0.39 is 4.92 Å². The highest BCUT2D eigenvalue weighted by Gasteiger charge is 2.22. The number of rotatable bonds is 2. The molecular formula is C17H12N3O3S+.